The van der Waals surface area contributed by atoms with Gasteiger partial charge in [-0.05, 0) is 24.3 Å². The molecule has 8 nitrogen and oxygen atoms in total. The second kappa shape index (κ2) is 9.12. The van der Waals surface area contributed by atoms with E-state index in [9.17, 15) is 13.2 Å². The minimum absolute atomic E-state index is 0.109. The van der Waals surface area contributed by atoms with Crippen molar-refractivity contribution in [3.8, 4) is 0 Å². The van der Waals surface area contributed by atoms with E-state index in [2.05, 4.69) is 10.4 Å². The van der Waals surface area contributed by atoms with Gasteiger partial charge in [-0.3, -0.25) is 4.79 Å². The number of carbonyl (C=O) groups is 1. The molecule has 3 aromatic rings. The van der Waals surface area contributed by atoms with Crippen molar-refractivity contribution >= 4 is 56.5 Å². The van der Waals surface area contributed by atoms with Crippen molar-refractivity contribution < 1.29 is 13.2 Å². The molecule has 0 amide bonds. The third kappa shape index (κ3) is 4.57. The van der Waals surface area contributed by atoms with Crippen LogP contribution in [-0.2, 0) is 16.8 Å². The number of nitrogens with zero attached hydrogens (tertiary/aromatic N) is 4. The van der Waals surface area contributed by atoms with Crippen LogP contribution in [-0.4, -0.2) is 59.9 Å². The average Bonchev–Trinajstić information content (AvgIpc) is 3.31. The fourth-order valence-electron chi connectivity index (χ4n) is 3.30. The van der Waals surface area contributed by atoms with E-state index in [1.54, 1.807) is 30.3 Å². The van der Waals surface area contributed by atoms with Crippen molar-refractivity contribution in [3.05, 3.63) is 68.0 Å². The summed E-state index contributed by atoms with van der Waals surface area (Å²) in [4.78, 5) is 14.2. The summed E-state index contributed by atoms with van der Waals surface area (Å²) < 4.78 is 29.1. The molecule has 3 heterocycles. The maximum Gasteiger partial charge on any atom is 0.281 e. The van der Waals surface area contributed by atoms with E-state index in [1.807, 2.05) is 12.1 Å². The summed E-state index contributed by atoms with van der Waals surface area (Å²) in [6, 6.07) is 12.3. The average molecular weight is 514 g/mol. The molecule has 12 heteroatoms. The molecular formula is C20H21Cl2N5O3S2. The van der Waals surface area contributed by atoms with Crippen LogP contribution in [0.15, 0.2) is 42.5 Å². The third-order valence-electron chi connectivity index (χ3n) is 5.15. The molecule has 0 radical (unpaired) electrons. The van der Waals surface area contributed by atoms with Crippen LogP contribution < -0.4 is 5.32 Å². The molecule has 0 spiro atoms. The lowest BCUT2D eigenvalue weighted by atomic mass is 10.00. The van der Waals surface area contributed by atoms with Gasteiger partial charge in [0.2, 0.25) is 0 Å². The van der Waals surface area contributed by atoms with Gasteiger partial charge in [-0.1, -0.05) is 35.3 Å². The van der Waals surface area contributed by atoms with Gasteiger partial charge in [0.05, 0.1) is 27.2 Å². The molecule has 0 saturated carbocycles. The second-order valence-electron chi connectivity index (χ2n) is 7.51. The van der Waals surface area contributed by atoms with Gasteiger partial charge in [0.15, 0.2) is 0 Å². The zero-order valence-electron chi connectivity index (χ0n) is 17.3. The van der Waals surface area contributed by atoms with E-state index in [0.29, 0.717) is 46.1 Å². The maximum absolute atomic E-state index is 13.2. The van der Waals surface area contributed by atoms with Gasteiger partial charge in [0.1, 0.15) is 5.82 Å². The van der Waals surface area contributed by atoms with Crippen LogP contribution in [0.25, 0.3) is 0 Å². The Morgan fingerprint density at radius 2 is 1.94 bits per heavy atom. The first-order valence-electron chi connectivity index (χ1n) is 9.71. The molecule has 0 atom stereocenters. The van der Waals surface area contributed by atoms with Crippen LogP contribution in [0.4, 0.5) is 5.82 Å². The number of carbonyl (C=O) groups excluding carboxylic acids is 1. The van der Waals surface area contributed by atoms with Crippen LogP contribution in [0.3, 0.4) is 0 Å². The molecule has 0 unspecified atom stereocenters. The molecule has 0 bridgehead atoms. The molecule has 1 aliphatic rings. The highest BCUT2D eigenvalue weighted by molar-refractivity contribution is 7.86. The third-order valence-corrected chi connectivity index (χ3v) is 8.59. The highest BCUT2D eigenvalue weighted by Crippen LogP contribution is 2.32. The summed E-state index contributed by atoms with van der Waals surface area (Å²) in [5.41, 5.74) is 0.971. The van der Waals surface area contributed by atoms with Crippen LogP contribution in [0.5, 0.6) is 0 Å². The van der Waals surface area contributed by atoms with Gasteiger partial charge >= 0.3 is 0 Å². The number of rotatable bonds is 7. The molecule has 1 aliphatic heterocycles. The quantitative estimate of drug-likeness (QED) is 0.519. The van der Waals surface area contributed by atoms with Crippen molar-refractivity contribution in [2.45, 2.75) is 12.5 Å². The van der Waals surface area contributed by atoms with Crippen LogP contribution in [0.1, 0.15) is 26.8 Å². The molecule has 1 fully saturated rings. The lowest BCUT2D eigenvalue weighted by molar-refractivity contribution is 0.0946. The van der Waals surface area contributed by atoms with Gasteiger partial charge in [-0.15, -0.1) is 11.3 Å². The summed E-state index contributed by atoms with van der Waals surface area (Å²) >= 11 is 13.7. The summed E-state index contributed by atoms with van der Waals surface area (Å²) in [5.74, 6) is 0.0239. The SMILES string of the molecule is CN(C)S(=O)(=O)N1CC(c2cc(NCc3ccc(Cl)s3)n(C(=O)c3ccccc3Cl)n2)C1. The van der Waals surface area contributed by atoms with Crippen molar-refractivity contribution in [2.24, 2.45) is 0 Å². The number of nitrogens with one attached hydrogen (secondary N) is 1. The van der Waals surface area contributed by atoms with Crippen molar-refractivity contribution in [1.82, 2.24) is 18.4 Å². The Morgan fingerprint density at radius 1 is 1.22 bits per heavy atom. The van der Waals surface area contributed by atoms with Crippen LogP contribution >= 0.6 is 34.5 Å². The Kier molecular flexibility index (Phi) is 6.62. The molecule has 1 saturated heterocycles. The first kappa shape index (κ1) is 23.2. The van der Waals surface area contributed by atoms with Gasteiger partial charge < -0.3 is 5.32 Å². The minimum atomic E-state index is -3.47. The first-order chi connectivity index (χ1) is 15.2. The molecule has 0 aliphatic carbocycles. The smallest absolute Gasteiger partial charge is 0.281 e. The number of hydrogen-bond donors (Lipinski definition) is 1. The number of hydrogen-bond acceptors (Lipinski definition) is 6. The standard InChI is InChI=1S/C20H21Cl2N5O3S2/c1-25(2)32(29,30)26-11-13(12-26)17-9-19(23-10-14-7-8-18(22)31-14)27(24-17)20(28)15-5-3-4-6-16(15)21/h3-9,13,23H,10-12H2,1-2H3. The zero-order valence-corrected chi connectivity index (χ0v) is 20.5. The first-order valence-corrected chi connectivity index (χ1v) is 12.7. The summed E-state index contributed by atoms with van der Waals surface area (Å²) in [6.45, 7) is 1.07. The molecule has 2 aromatic heterocycles. The number of thiophene rings is 1. The van der Waals surface area contributed by atoms with Gasteiger partial charge in [0, 0.05) is 44.0 Å². The number of benzene rings is 1. The largest absolute Gasteiger partial charge is 0.365 e. The highest BCUT2D eigenvalue weighted by Gasteiger charge is 2.39. The molecule has 1 N–H and O–H groups in total. The van der Waals surface area contributed by atoms with E-state index >= 15 is 0 Å². The Bertz CT molecular complexity index is 1250. The number of aromatic nitrogens is 2. The van der Waals surface area contributed by atoms with Crippen molar-refractivity contribution in [1.29, 1.82) is 0 Å². The lowest BCUT2D eigenvalue weighted by Crippen LogP contribution is -2.52. The van der Waals surface area contributed by atoms with E-state index in [-0.39, 0.29) is 11.8 Å². The maximum atomic E-state index is 13.2. The predicted molar refractivity (Wildman–Crippen MR) is 127 cm³/mol. The Balaban J connectivity index is 1.60. The minimum Gasteiger partial charge on any atom is -0.365 e. The van der Waals surface area contributed by atoms with Gasteiger partial charge in [-0.2, -0.15) is 26.8 Å². The molecule has 170 valence electrons. The Hall–Kier alpha value is -1.95. The second-order valence-corrected chi connectivity index (χ2v) is 11.9. The van der Waals surface area contributed by atoms with E-state index in [4.69, 9.17) is 23.2 Å². The van der Waals surface area contributed by atoms with Crippen molar-refractivity contribution in [2.75, 3.05) is 32.5 Å². The Labute approximate surface area is 200 Å². The molecule has 4 rings (SSSR count). The molecular weight excluding hydrogens is 493 g/mol. The Morgan fingerprint density at radius 3 is 2.56 bits per heavy atom. The normalized spacial score (nSPS) is 15.2. The van der Waals surface area contributed by atoms with E-state index in [0.717, 1.165) is 4.88 Å². The fraction of sp³-hybridized carbons (Fsp3) is 0.300. The fourth-order valence-corrected chi connectivity index (χ4v) is 5.74. The number of anilines is 1. The monoisotopic (exact) mass is 513 g/mol. The van der Waals surface area contributed by atoms with E-state index < -0.39 is 10.2 Å². The van der Waals surface area contributed by atoms with Gasteiger partial charge in [0.25, 0.3) is 16.1 Å². The highest BCUT2D eigenvalue weighted by atomic mass is 35.5. The van der Waals surface area contributed by atoms with E-state index in [1.165, 1.54) is 38.7 Å². The summed E-state index contributed by atoms with van der Waals surface area (Å²) in [7, 11) is -0.475. The van der Waals surface area contributed by atoms with Crippen LogP contribution in [0, 0.1) is 0 Å². The topological polar surface area (TPSA) is 87.5 Å². The number of halogens is 2. The van der Waals surface area contributed by atoms with Gasteiger partial charge in [-0.25, -0.2) is 0 Å². The zero-order chi connectivity index (χ0) is 23.0. The molecule has 1 aromatic carbocycles. The summed E-state index contributed by atoms with van der Waals surface area (Å²) in [5, 5.41) is 8.09. The predicted octanol–water partition coefficient (Wildman–Crippen LogP) is 3.76. The molecule has 32 heavy (non-hydrogen) atoms. The van der Waals surface area contributed by atoms with Crippen molar-refractivity contribution in [3.63, 3.8) is 0 Å². The van der Waals surface area contributed by atoms with Crippen LogP contribution in [0.2, 0.25) is 9.36 Å². The summed E-state index contributed by atoms with van der Waals surface area (Å²) in [6.07, 6.45) is 0. The lowest BCUT2D eigenvalue weighted by Gasteiger charge is -2.38.